The SMILES string of the molecule is CCCNC(=O)CNC(=O)c1ccc(OC)c(S(=O)(=O)NC)c1. The molecule has 1 aromatic carbocycles. The number of carbonyl (C=O) groups excluding carboxylic acids is 2. The number of nitrogens with one attached hydrogen (secondary N) is 3. The number of carbonyl (C=O) groups is 2. The van der Waals surface area contributed by atoms with Crippen molar-refractivity contribution < 1.29 is 22.7 Å². The van der Waals surface area contributed by atoms with E-state index in [1.807, 2.05) is 6.92 Å². The highest BCUT2D eigenvalue weighted by molar-refractivity contribution is 7.89. The Hall–Kier alpha value is -2.13. The highest BCUT2D eigenvalue weighted by Crippen LogP contribution is 2.24. The van der Waals surface area contributed by atoms with Gasteiger partial charge < -0.3 is 15.4 Å². The highest BCUT2D eigenvalue weighted by Gasteiger charge is 2.20. The summed E-state index contributed by atoms with van der Waals surface area (Å²) >= 11 is 0. The highest BCUT2D eigenvalue weighted by atomic mass is 32.2. The molecule has 0 heterocycles. The molecule has 0 spiro atoms. The number of rotatable bonds is 8. The van der Waals surface area contributed by atoms with Gasteiger partial charge in [-0.1, -0.05) is 6.92 Å². The summed E-state index contributed by atoms with van der Waals surface area (Å²) < 4.78 is 31.1. The first kappa shape index (κ1) is 18.9. The number of methoxy groups -OCH3 is 1. The predicted molar refractivity (Wildman–Crippen MR) is 84.9 cm³/mol. The van der Waals surface area contributed by atoms with Crippen LogP contribution in [0.25, 0.3) is 0 Å². The zero-order chi connectivity index (χ0) is 17.5. The maximum Gasteiger partial charge on any atom is 0.251 e. The molecule has 0 unspecified atom stereocenters. The number of amides is 2. The monoisotopic (exact) mass is 343 g/mol. The van der Waals surface area contributed by atoms with E-state index in [1.165, 1.54) is 32.4 Å². The summed E-state index contributed by atoms with van der Waals surface area (Å²) in [5.74, 6) is -0.736. The molecular formula is C14H21N3O5S. The van der Waals surface area contributed by atoms with Crippen molar-refractivity contribution in [2.24, 2.45) is 0 Å². The number of hydrogen-bond donors (Lipinski definition) is 3. The first-order valence-corrected chi connectivity index (χ1v) is 8.50. The molecule has 0 aromatic heterocycles. The minimum Gasteiger partial charge on any atom is -0.495 e. The van der Waals surface area contributed by atoms with Crippen molar-refractivity contribution in [2.45, 2.75) is 18.2 Å². The van der Waals surface area contributed by atoms with Gasteiger partial charge in [0.2, 0.25) is 15.9 Å². The topological polar surface area (TPSA) is 114 Å². The average molecular weight is 343 g/mol. The first-order valence-electron chi connectivity index (χ1n) is 7.02. The summed E-state index contributed by atoms with van der Waals surface area (Å²) in [4.78, 5) is 23.4. The van der Waals surface area contributed by atoms with Crippen molar-refractivity contribution in [3.8, 4) is 5.75 Å². The van der Waals surface area contributed by atoms with Crippen LogP contribution in [-0.4, -0.2) is 47.5 Å². The Kier molecular flexibility index (Phi) is 6.98. The first-order chi connectivity index (χ1) is 10.9. The Morgan fingerprint density at radius 2 is 1.91 bits per heavy atom. The third-order valence-electron chi connectivity index (χ3n) is 2.97. The van der Waals surface area contributed by atoms with Crippen LogP contribution in [0.3, 0.4) is 0 Å². The molecule has 0 fully saturated rings. The van der Waals surface area contributed by atoms with Crippen LogP contribution in [0.15, 0.2) is 23.1 Å². The summed E-state index contributed by atoms with van der Waals surface area (Å²) in [6, 6.07) is 4.01. The molecule has 9 heteroatoms. The van der Waals surface area contributed by atoms with E-state index in [0.29, 0.717) is 6.54 Å². The van der Waals surface area contributed by atoms with Crippen LogP contribution in [0, 0.1) is 0 Å². The van der Waals surface area contributed by atoms with Crippen molar-refractivity contribution in [3.05, 3.63) is 23.8 Å². The van der Waals surface area contributed by atoms with Crippen LogP contribution in [0.1, 0.15) is 23.7 Å². The van der Waals surface area contributed by atoms with Gasteiger partial charge in [-0.2, -0.15) is 0 Å². The van der Waals surface area contributed by atoms with E-state index in [-0.39, 0.29) is 28.7 Å². The lowest BCUT2D eigenvalue weighted by Crippen LogP contribution is -2.37. The number of hydrogen-bond acceptors (Lipinski definition) is 5. The summed E-state index contributed by atoms with van der Waals surface area (Å²) in [5.41, 5.74) is 0.114. The fraction of sp³-hybridized carbons (Fsp3) is 0.429. The van der Waals surface area contributed by atoms with E-state index in [9.17, 15) is 18.0 Å². The molecule has 128 valence electrons. The Labute approximate surface area is 135 Å². The zero-order valence-electron chi connectivity index (χ0n) is 13.3. The smallest absolute Gasteiger partial charge is 0.251 e. The van der Waals surface area contributed by atoms with E-state index in [4.69, 9.17) is 4.74 Å². The van der Waals surface area contributed by atoms with Crippen molar-refractivity contribution in [3.63, 3.8) is 0 Å². The molecule has 8 nitrogen and oxygen atoms in total. The normalized spacial score (nSPS) is 10.9. The molecule has 0 aliphatic heterocycles. The third kappa shape index (κ3) is 5.22. The number of ether oxygens (including phenoxy) is 1. The van der Waals surface area contributed by atoms with E-state index < -0.39 is 15.9 Å². The molecule has 2 amide bonds. The molecule has 1 aromatic rings. The van der Waals surface area contributed by atoms with Gasteiger partial charge in [0.1, 0.15) is 10.6 Å². The van der Waals surface area contributed by atoms with Gasteiger partial charge in [-0.15, -0.1) is 0 Å². The van der Waals surface area contributed by atoms with Gasteiger partial charge in [-0.3, -0.25) is 9.59 Å². The summed E-state index contributed by atoms with van der Waals surface area (Å²) in [6.07, 6.45) is 0.795. The van der Waals surface area contributed by atoms with E-state index in [2.05, 4.69) is 15.4 Å². The van der Waals surface area contributed by atoms with Crippen LogP contribution < -0.4 is 20.1 Å². The second-order valence-corrected chi connectivity index (χ2v) is 6.46. The minimum absolute atomic E-state index is 0.114. The van der Waals surface area contributed by atoms with Crippen LogP contribution in [-0.2, 0) is 14.8 Å². The van der Waals surface area contributed by atoms with E-state index in [1.54, 1.807) is 0 Å². The van der Waals surface area contributed by atoms with Gasteiger partial charge in [-0.05, 0) is 31.7 Å². The molecule has 0 aliphatic rings. The fourth-order valence-corrected chi connectivity index (χ4v) is 2.65. The zero-order valence-corrected chi connectivity index (χ0v) is 14.1. The number of benzene rings is 1. The van der Waals surface area contributed by atoms with Gasteiger partial charge in [0, 0.05) is 12.1 Å². The Bertz CT molecular complexity index is 673. The van der Waals surface area contributed by atoms with Gasteiger partial charge in [0.05, 0.1) is 13.7 Å². The predicted octanol–water partition coefficient (Wildman–Crippen LogP) is -0.141. The lowest BCUT2D eigenvalue weighted by molar-refractivity contribution is -0.120. The van der Waals surface area contributed by atoms with Crippen LogP contribution >= 0.6 is 0 Å². The van der Waals surface area contributed by atoms with Gasteiger partial charge >= 0.3 is 0 Å². The van der Waals surface area contributed by atoms with Crippen molar-refractivity contribution >= 4 is 21.8 Å². The van der Waals surface area contributed by atoms with Crippen molar-refractivity contribution in [2.75, 3.05) is 27.2 Å². The van der Waals surface area contributed by atoms with E-state index >= 15 is 0 Å². The molecule has 3 N–H and O–H groups in total. The molecular weight excluding hydrogens is 322 g/mol. The molecule has 0 atom stereocenters. The van der Waals surface area contributed by atoms with Crippen molar-refractivity contribution in [1.82, 2.24) is 15.4 Å². The quantitative estimate of drug-likeness (QED) is 0.608. The van der Waals surface area contributed by atoms with Gasteiger partial charge in [0.15, 0.2) is 0 Å². The number of sulfonamides is 1. The maximum atomic E-state index is 12.0. The van der Waals surface area contributed by atoms with Crippen LogP contribution in [0.5, 0.6) is 5.75 Å². The van der Waals surface area contributed by atoms with E-state index in [0.717, 1.165) is 6.42 Å². The Morgan fingerprint density at radius 1 is 1.22 bits per heavy atom. The summed E-state index contributed by atoms with van der Waals surface area (Å²) in [5, 5.41) is 5.06. The standard InChI is InChI=1S/C14H21N3O5S/c1-4-7-16-13(18)9-17-14(19)10-5-6-11(22-3)12(8-10)23(20,21)15-2/h5-6,8,15H,4,7,9H2,1-3H3,(H,16,18)(H,17,19). The second kappa shape index (κ2) is 8.49. The second-order valence-electron chi connectivity index (χ2n) is 4.61. The molecule has 1 rings (SSSR count). The fourth-order valence-electron chi connectivity index (χ4n) is 1.73. The summed E-state index contributed by atoms with van der Waals surface area (Å²) in [6.45, 7) is 2.26. The molecule has 0 saturated carbocycles. The molecule has 0 saturated heterocycles. The third-order valence-corrected chi connectivity index (χ3v) is 4.40. The molecule has 23 heavy (non-hydrogen) atoms. The van der Waals surface area contributed by atoms with Gasteiger partial charge in [0.25, 0.3) is 5.91 Å². The van der Waals surface area contributed by atoms with Crippen LogP contribution in [0.2, 0.25) is 0 Å². The Morgan fingerprint density at radius 3 is 2.48 bits per heavy atom. The average Bonchev–Trinajstić information content (AvgIpc) is 2.57. The lowest BCUT2D eigenvalue weighted by Gasteiger charge is -2.11. The maximum absolute atomic E-state index is 12.0. The largest absolute Gasteiger partial charge is 0.495 e. The molecule has 0 aliphatic carbocycles. The van der Waals surface area contributed by atoms with Crippen molar-refractivity contribution in [1.29, 1.82) is 0 Å². The molecule has 0 radical (unpaired) electrons. The van der Waals surface area contributed by atoms with Gasteiger partial charge in [-0.25, -0.2) is 13.1 Å². The Balaban J connectivity index is 2.90. The summed E-state index contributed by atoms with van der Waals surface area (Å²) in [7, 11) is -1.18. The van der Waals surface area contributed by atoms with Crippen LogP contribution in [0.4, 0.5) is 0 Å². The lowest BCUT2D eigenvalue weighted by atomic mass is 10.2. The minimum atomic E-state index is -3.77. The molecule has 0 bridgehead atoms.